The van der Waals surface area contributed by atoms with E-state index in [1.165, 1.54) is 17.3 Å². The van der Waals surface area contributed by atoms with Gasteiger partial charge in [0.05, 0.1) is 7.11 Å². The highest BCUT2D eigenvalue weighted by atomic mass is 32.2. The predicted octanol–water partition coefficient (Wildman–Crippen LogP) is 8.70. The number of thioether (sulfide) groups is 1. The van der Waals surface area contributed by atoms with Crippen LogP contribution in [-0.4, -0.2) is 24.8 Å². The van der Waals surface area contributed by atoms with E-state index in [4.69, 9.17) is 4.74 Å². The molecule has 7 nitrogen and oxygen atoms in total. The molecule has 0 heterocycles. The van der Waals surface area contributed by atoms with Gasteiger partial charge >= 0.3 is 0 Å². The van der Waals surface area contributed by atoms with Crippen LogP contribution >= 0.6 is 11.8 Å². The van der Waals surface area contributed by atoms with Gasteiger partial charge in [0.25, 0.3) is 11.8 Å². The van der Waals surface area contributed by atoms with Crippen LogP contribution in [0.4, 0.5) is 11.4 Å². The Balaban J connectivity index is 1.31. The zero-order chi connectivity index (χ0) is 33.9. The summed E-state index contributed by atoms with van der Waals surface area (Å²) in [5.74, 6) is 0.0539. The van der Waals surface area contributed by atoms with E-state index in [-0.39, 0.29) is 11.6 Å². The SMILES string of the molecule is COc1ccc(/C=C(\NC(=O)c2ccccc2)C(=O)Nc2ccc(SC(C(=O)Nc3ccc(C(C)C)cc3)c3ccccc3)cc2)cc1. The van der Waals surface area contributed by atoms with E-state index < -0.39 is 17.1 Å². The van der Waals surface area contributed by atoms with Crippen molar-refractivity contribution < 1.29 is 19.1 Å². The number of hydrogen-bond donors (Lipinski definition) is 3. The Hall–Kier alpha value is -5.60. The third-order valence-corrected chi connectivity index (χ3v) is 8.77. The molecule has 8 heteroatoms. The summed E-state index contributed by atoms with van der Waals surface area (Å²) in [5.41, 5.74) is 4.57. The van der Waals surface area contributed by atoms with Crippen molar-refractivity contribution in [2.45, 2.75) is 29.9 Å². The molecule has 5 aromatic carbocycles. The number of ether oxygens (including phenoxy) is 1. The summed E-state index contributed by atoms with van der Waals surface area (Å²) in [4.78, 5) is 40.9. The van der Waals surface area contributed by atoms with Crippen LogP contribution in [0.1, 0.15) is 52.1 Å². The molecule has 1 unspecified atom stereocenters. The normalized spacial score (nSPS) is 11.8. The van der Waals surface area contributed by atoms with Gasteiger partial charge in [-0.25, -0.2) is 0 Å². The van der Waals surface area contributed by atoms with Crippen molar-refractivity contribution in [3.8, 4) is 5.75 Å². The number of methoxy groups -OCH3 is 1. The van der Waals surface area contributed by atoms with Crippen LogP contribution in [0, 0.1) is 0 Å². The maximum absolute atomic E-state index is 13.6. The third kappa shape index (κ3) is 9.24. The largest absolute Gasteiger partial charge is 0.497 e. The van der Waals surface area contributed by atoms with Crippen LogP contribution in [0.15, 0.2) is 144 Å². The van der Waals surface area contributed by atoms with Crippen molar-refractivity contribution >= 4 is 46.9 Å². The summed E-state index contributed by atoms with van der Waals surface area (Å²) in [6.07, 6.45) is 1.61. The summed E-state index contributed by atoms with van der Waals surface area (Å²) in [6.45, 7) is 4.27. The molecule has 0 aromatic heterocycles. The lowest BCUT2D eigenvalue weighted by Gasteiger charge is -2.18. The highest BCUT2D eigenvalue weighted by molar-refractivity contribution is 8.00. The van der Waals surface area contributed by atoms with Crippen LogP contribution < -0.4 is 20.7 Å². The second-order valence-corrected chi connectivity index (χ2v) is 12.5. The molecule has 3 N–H and O–H groups in total. The van der Waals surface area contributed by atoms with Gasteiger partial charge in [-0.05, 0) is 89.3 Å². The fourth-order valence-electron chi connectivity index (χ4n) is 4.82. The number of benzene rings is 5. The minimum Gasteiger partial charge on any atom is -0.497 e. The zero-order valence-electron chi connectivity index (χ0n) is 27.0. The molecule has 0 saturated carbocycles. The first-order valence-electron chi connectivity index (χ1n) is 15.5. The molecule has 0 fully saturated rings. The Bertz CT molecular complexity index is 1860. The summed E-state index contributed by atoms with van der Waals surface area (Å²) in [6, 6.07) is 40.7. The van der Waals surface area contributed by atoms with Gasteiger partial charge in [-0.3, -0.25) is 14.4 Å². The van der Waals surface area contributed by atoms with Crippen LogP contribution in [0.3, 0.4) is 0 Å². The third-order valence-electron chi connectivity index (χ3n) is 7.51. The van der Waals surface area contributed by atoms with Gasteiger partial charge in [-0.2, -0.15) is 0 Å². The summed E-state index contributed by atoms with van der Waals surface area (Å²) in [5, 5.41) is 8.20. The molecule has 242 valence electrons. The quantitative estimate of drug-likeness (QED) is 0.0923. The average Bonchev–Trinajstić information content (AvgIpc) is 3.12. The molecule has 0 aliphatic carbocycles. The molecular weight excluding hydrogens is 619 g/mol. The van der Waals surface area contributed by atoms with E-state index in [1.54, 1.807) is 73.8 Å². The molecular formula is C40H37N3O4S. The lowest BCUT2D eigenvalue weighted by Crippen LogP contribution is -2.30. The van der Waals surface area contributed by atoms with E-state index in [9.17, 15) is 14.4 Å². The maximum Gasteiger partial charge on any atom is 0.272 e. The molecule has 5 rings (SSSR count). The van der Waals surface area contributed by atoms with Crippen molar-refractivity contribution in [3.63, 3.8) is 0 Å². The first-order valence-corrected chi connectivity index (χ1v) is 16.4. The highest BCUT2D eigenvalue weighted by Crippen LogP contribution is 2.37. The van der Waals surface area contributed by atoms with E-state index in [1.807, 2.05) is 72.8 Å². The Labute approximate surface area is 285 Å². The van der Waals surface area contributed by atoms with E-state index in [0.29, 0.717) is 28.5 Å². The van der Waals surface area contributed by atoms with Crippen molar-refractivity contribution in [3.05, 3.63) is 161 Å². The first-order chi connectivity index (χ1) is 23.3. The molecule has 0 bridgehead atoms. The van der Waals surface area contributed by atoms with Crippen LogP contribution in [0.25, 0.3) is 6.08 Å². The summed E-state index contributed by atoms with van der Waals surface area (Å²) < 4.78 is 5.24. The average molecular weight is 656 g/mol. The molecule has 5 aromatic rings. The molecule has 0 saturated heterocycles. The molecule has 3 amide bonds. The second kappa shape index (κ2) is 16.3. The van der Waals surface area contributed by atoms with Gasteiger partial charge < -0.3 is 20.7 Å². The Morgan fingerprint density at radius 1 is 0.667 bits per heavy atom. The van der Waals surface area contributed by atoms with Crippen molar-refractivity contribution in [1.82, 2.24) is 5.32 Å². The van der Waals surface area contributed by atoms with E-state index in [2.05, 4.69) is 29.8 Å². The topological polar surface area (TPSA) is 96.5 Å². The standard InChI is InChI=1S/C40H37N3O4S/c1-27(2)29-16-18-32(19-17-29)42-40(46)37(30-10-6-4-7-11-30)48-35-24-20-33(21-25-35)41-39(45)36(26-28-14-22-34(47-3)23-15-28)43-38(44)31-12-8-5-9-13-31/h4-27,37H,1-3H3,(H,41,45)(H,42,46)(H,43,44)/b36-26-. The zero-order valence-corrected chi connectivity index (χ0v) is 27.8. The molecule has 48 heavy (non-hydrogen) atoms. The van der Waals surface area contributed by atoms with Gasteiger partial charge in [0, 0.05) is 21.8 Å². The smallest absolute Gasteiger partial charge is 0.272 e. The first kappa shape index (κ1) is 33.8. The van der Waals surface area contributed by atoms with Gasteiger partial charge in [-0.1, -0.05) is 86.6 Å². The number of rotatable bonds is 12. The number of anilines is 2. The second-order valence-electron chi connectivity index (χ2n) is 11.3. The van der Waals surface area contributed by atoms with E-state index >= 15 is 0 Å². The molecule has 1 atom stereocenters. The minimum atomic E-state index is -0.511. The van der Waals surface area contributed by atoms with Gasteiger partial charge in [-0.15, -0.1) is 11.8 Å². The van der Waals surface area contributed by atoms with Crippen LogP contribution in [-0.2, 0) is 9.59 Å². The lowest BCUT2D eigenvalue weighted by atomic mass is 10.0. The number of amides is 3. The fourth-order valence-corrected chi connectivity index (χ4v) is 5.85. The lowest BCUT2D eigenvalue weighted by molar-refractivity contribution is -0.116. The van der Waals surface area contributed by atoms with Crippen LogP contribution in [0.5, 0.6) is 5.75 Å². The van der Waals surface area contributed by atoms with Gasteiger partial charge in [0.2, 0.25) is 5.91 Å². The molecule has 0 spiro atoms. The monoisotopic (exact) mass is 655 g/mol. The highest BCUT2D eigenvalue weighted by Gasteiger charge is 2.23. The number of carbonyl (C=O) groups is 3. The van der Waals surface area contributed by atoms with Gasteiger partial charge in [0.1, 0.15) is 16.7 Å². The van der Waals surface area contributed by atoms with Crippen LogP contribution in [0.2, 0.25) is 0 Å². The summed E-state index contributed by atoms with van der Waals surface area (Å²) >= 11 is 1.42. The molecule has 0 aliphatic heterocycles. The number of nitrogens with one attached hydrogen (secondary N) is 3. The van der Waals surface area contributed by atoms with E-state index in [0.717, 1.165) is 16.1 Å². The number of hydrogen-bond acceptors (Lipinski definition) is 5. The summed E-state index contributed by atoms with van der Waals surface area (Å²) in [7, 11) is 1.58. The van der Waals surface area contributed by atoms with Crippen molar-refractivity contribution in [2.75, 3.05) is 17.7 Å². The predicted molar refractivity (Wildman–Crippen MR) is 194 cm³/mol. The van der Waals surface area contributed by atoms with Crippen molar-refractivity contribution in [1.29, 1.82) is 0 Å². The minimum absolute atomic E-state index is 0.0784. The Morgan fingerprint density at radius 2 is 1.25 bits per heavy atom. The number of carbonyl (C=O) groups excluding carboxylic acids is 3. The molecule has 0 radical (unpaired) electrons. The Kier molecular flexibility index (Phi) is 11.5. The Morgan fingerprint density at radius 3 is 1.85 bits per heavy atom. The fraction of sp³-hybridized carbons (Fsp3) is 0.125. The van der Waals surface area contributed by atoms with Gasteiger partial charge in [0.15, 0.2) is 0 Å². The maximum atomic E-state index is 13.6. The van der Waals surface area contributed by atoms with Crippen molar-refractivity contribution in [2.24, 2.45) is 0 Å². The molecule has 0 aliphatic rings.